The lowest BCUT2D eigenvalue weighted by Crippen LogP contribution is -2.58. The molecule has 132 heavy (non-hydrogen) atoms. The number of piperazine rings is 4. The summed E-state index contributed by atoms with van der Waals surface area (Å²) in [5.74, 6) is -6.14. The number of carbonyl (C=O) groups excluding carboxylic acids is 3. The van der Waals surface area contributed by atoms with E-state index >= 15 is 13.2 Å². The van der Waals surface area contributed by atoms with E-state index in [9.17, 15) is 85.8 Å². The van der Waals surface area contributed by atoms with Crippen molar-refractivity contribution in [3.05, 3.63) is 194 Å². The molecule has 4 unspecified atom stereocenters. The molecule has 0 N–H and O–H groups in total. The third-order valence-corrected chi connectivity index (χ3v) is 29.1. The molecule has 0 saturated carbocycles. The van der Waals surface area contributed by atoms with E-state index in [0.29, 0.717) is 70.6 Å². The number of amides is 3. The fourth-order valence-electron chi connectivity index (χ4n) is 19.2. The molecule has 3 aromatic heterocycles. The van der Waals surface area contributed by atoms with Gasteiger partial charge in [0.25, 0.3) is 0 Å². The summed E-state index contributed by atoms with van der Waals surface area (Å²) >= 11 is 3.33. The zero-order valence-electron chi connectivity index (χ0n) is 71.6. The van der Waals surface area contributed by atoms with Crippen LogP contribution < -0.4 is 31.8 Å². The lowest BCUT2D eigenvalue weighted by molar-refractivity contribution is -0.138. The van der Waals surface area contributed by atoms with Crippen LogP contribution in [-0.2, 0) is 37.6 Å². The third-order valence-electron chi connectivity index (χ3n) is 25.4. The average molecular weight is 1910 g/mol. The van der Waals surface area contributed by atoms with Crippen molar-refractivity contribution in [2.75, 3.05) is 190 Å². The Morgan fingerprint density at radius 3 is 1.08 bits per heavy atom. The molecule has 9 aliphatic heterocycles. The van der Waals surface area contributed by atoms with Crippen LogP contribution in [0.5, 0.6) is 0 Å². The number of anilines is 3. The molecule has 0 bridgehead atoms. The Hall–Kier alpha value is -10.5. The van der Waals surface area contributed by atoms with Crippen LogP contribution in [0.25, 0.3) is 66.1 Å². The summed E-state index contributed by atoms with van der Waals surface area (Å²) in [6, 6.07) is 8.05. The number of hydrogen-bond donors (Lipinski definition) is 0. The summed E-state index contributed by atoms with van der Waals surface area (Å²) in [6.45, 7) is 24.0. The van der Waals surface area contributed by atoms with Crippen LogP contribution in [0.15, 0.2) is 140 Å². The van der Waals surface area contributed by atoms with Gasteiger partial charge >= 0.3 is 35.6 Å². The molecule has 9 aliphatic rings. The molecular formula is C90H90F16N16O7S3. The average Bonchev–Trinajstić information content (AvgIpc) is 0.864. The first-order chi connectivity index (χ1) is 62.8. The SMILES string of the molecule is C=CC(=O)N1CCN(c2nc(=O)n3c4c(c(-c5ccc(F)cc5F)c(C(F)(F)F)cc24)SCC3CN2CCC(F)C2)CC1.C=CC(=O)N1CCN(c2nc(=O)n3c4c(c(-c5ccc(F)cc5F)c(C(F)(F)F)cc24)SCC3CN2CCOCC2)CC1.C=CC(=O)N1[C@H](C)CN(c2nc(=O)n3c4c(c(-c5ccc(F)cc5F)c(C(F)(F)F)cc24)SCC3CN2CCN(C)CC2)C[C@@H]1C. The molecule has 0 spiro atoms. The minimum atomic E-state index is -4.93. The van der Waals surface area contributed by atoms with E-state index in [1.807, 2.05) is 25.8 Å². The Kier molecular flexibility index (Phi) is 27.3. The minimum Gasteiger partial charge on any atom is -0.379 e. The van der Waals surface area contributed by atoms with E-state index in [4.69, 9.17) is 4.74 Å². The van der Waals surface area contributed by atoms with Crippen molar-refractivity contribution in [1.29, 1.82) is 0 Å². The van der Waals surface area contributed by atoms with Gasteiger partial charge in [-0.1, -0.05) is 19.7 Å². The maximum Gasteiger partial charge on any atom is 0.417 e. The third kappa shape index (κ3) is 18.8. The predicted molar refractivity (Wildman–Crippen MR) is 472 cm³/mol. The molecule has 6 aromatic carbocycles. The van der Waals surface area contributed by atoms with E-state index < -0.39 is 145 Å². The number of halogens is 16. The van der Waals surface area contributed by atoms with Gasteiger partial charge in [-0.2, -0.15) is 54.5 Å². The quantitative estimate of drug-likeness (QED) is 0.0693. The summed E-state index contributed by atoms with van der Waals surface area (Å²) in [5, 5.41) is 0.279. The maximum absolute atomic E-state index is 15.3. The van der Waals surface area contributed by atoms with Crippen LogP contribution in [0.2, 0.25) is 0 Å². The first-order valence-electron chi connectivity index (χ1n) is 42.8. The Balaban J connectivity index is 0.000000145. The fraction of sp³-hybridized carbons (Fsp3) is 0.433. The van der Waals surface area contributed by atoms with Gasteiger partial charge in [-0.05, 0) is 100 Å². The molecule has 23 nitrogen and oxygen atoms in total. The highest BCUT2D eigenvalue weighted by Gasteiger charge is 2.47. The first kappa shape index (κ1) is 94.7. The maximum atomic E-state index is 15.3. The monoisotopic (exact) mass is 1910 g/mol. The van der Waals surface area contributed by atoms with Crippen LogP contribution >= 0.6 is 35.3 Å². The van der Waals surface area contributed by atoms with Crippen molar-refractivity contribution in [2.45, 2.75) is 89.9 Å². The van der Waals surface area contributed by atoms with E-state index in [1.54, 1.807) is 24.5 Å². The van der Waals surface area contributed by atoms with Crippen molar-refractivity contribution in [3.8, 4) is 33.4 Å². The second kappa shape index (κ2) is 38.1. The highest BCUT2D eigenvalue weighted by atomic mass is 32.2. The highest BCUT2D eigenvalue weighted by Crippen LogP contribution is 2.55. The molecule has 12 heterocycles. The largest absolute Gasteiger partial charge is 0.417 e. The molecule has 6 fully saturated rings. The van der Waals surface area contributed by atoms with Gasteiger partial charge in [0.1, 0.15) is 58.5 Å². The molecule has 18 rings (SSSR count). The molecule has 702 valence electrons. The minimum absolute atomic E-state index is 0.0334. The number of ether oxygens (including phenoxy) is 1. The Bertz CT molecular complexity index is 6010. The van der Waals surface area contributed by atoms with E-state index in [-0.39, 0.29) is 190 Å². The number of likely N-dealkylation sites (N-methyl/N-ethyl adjacent to an activating group) is 1. The van der Waals surface area contributed by atoms with Crippen molar-refractivity contribution in [3.63, 3.8) is 0 Å². The van der Waals surface area contributed by atoms with Gasteiger partial charge in [0, 0.05) is 249 Å². The molecule has 0 aliphatic carbocycles. The number of thioether (sulfide) groups is 3. The number of morpholine rings is 1. The van der Waals surface area contributed by atoms with Gasteiger partial charge in [-0.15, -0.1) is 35.3 Å². The number of carbonyl (C=O) groups is 3. The zero-order valence-corrected chi connectivity index (χ0v) is 74.1. The number of likely N-dealkylation sites (tertiary alicyclic amines) is 1. The predicted octanol–water partition coefficient (Wildman–Crippen LogP) is 13.9. The highest BCUT2D eigenvalue weighted by molar-refractivity contribution is 8.00. The smallest absolute Gasteiger partial charge is 0.379 e. The number of nitrogens with zero attached hydrogens (tertiary/aromatic N) is 16. The first-order valence-corrected chi connectivity index (χ1v) is 45.7. The van der Waals surface area contributed by atoms with Gasteiger partial charge in [-0.25, -0.2) is 45.1 Å². The molecule has 6 saturated heterocycles. The summed E-state index contributed by atoms with van der Waals surface area (Å²) < 4.78 is 244. The second-order valence-corrected chi connectivity index (χ2v) is 36.9. The number of benzene rings is 6. The number of rotatable bonds is 15. The van der Waals surface area contributed by atoms with Crippen molar-refractivity contribution in [1.82, 2.24) is 63.0 Å². The number of aromatic nitrogens is 6. The molecule has 0 radical (unpaired) electrons. The fourth-order valence-corrected chi connectivity index (χ4v) is 23.1. The summed E-state index contributed by atoms with van der Waals surface area (Å²) in [6.07, 6.45) is -11.8. The van der Waals surface area contributed by atoms with Crippen molar-refractivity contribution >= 4 is 103 Å². The summed E-state index contributed by atoms with van der Waals surface area (Å²) in [4.78, 5) is 110. The summed E-state index contributed by atoms with van der Waals surface area (Å²) in [5.41, 5.74) is -7.18. The number of alkyl halides is 10. The van der Waals surface area contributed by atoms with Crippen LogP contribution in [0.1, 0.15) is 55.1 Å². The lowest BCUT2D eigenvalue weighted by atomic mass is 9.95. The van der Waals surface area contributed by atoms with E-state index in [0.717, 1.165) is 116 Å². The van der Waals surface area contributed by atoms with Crippen molar-refractivity contribution in [2.24, 2.45) is 0 Å². The van der Waals surface area contributed by atoms with Crippen LogP contribution in [0.3, 0.4) is 0 Å². The lowest BCUT2D eigenvalue weighted by Gasteiger charge is -2.45. The molecule has 42 heteroatoms. The van der Waals surface area contributed by atoms with E-state index in [1.165, 1.54) is 36.8 Å². The van der Waals surface area contributed by atoms with Gasteiger partial charge in [-0.3, -0.25) is 42.8 Å². The number of hydrogen-bond acceptors (Lipinski definition) is 20. The molecule has 9 aromatic rings. The van der Waals surface area contributed by atoms with Gasteiger partial charge in [0.05, 0.1) is 64.6 Å². The molecule has 3 amide bonds. The summed E-state index contributed by atoms with van der Waals surface area (Å²) in [7, 11) is 2.03. The van der Waals surface area contributed by atoms with Crippen LogP contribution in [0.4, 0.5) is 87.7 Å². The van der Waals surface area contributed by atoms with Gasteiger partial charge in [0.15, 0.2) is 0 Å². The van der Waals surface area contributed by atoms with Gasteiger partial charge < -0.3 is 39.0 Å². The van der Waals surface area contributed by atoms with Crippen LogP contribution in [0, 0.1) is 34.9 Å². The topological polar surface area (TPSA) is 198 Å². The van der Waals surface area contributed by atoms with Crippen LogP contribution in [-0.4, -0.2) is 274 Å². The second-order valence-electron chi connectivity index (χ2n) is 33.8. The standard InChI is InChI=1S/C32H35F5N6O2S.C29H27F6N5O2S.C29H28F5N5O3S/c1-5-26(44)42-18(2)14-41(15-19(42)3)30-23-13-24(32(35,36)37)27(22-7-6-20(33)12-25(22)34)29-28(23)43(31(45)38-30)21(17-46-29)16-40-10-8-39(4)9-11-40;1-2-23(41)38-7-9-39(10-8-38)27-20-12-21(29(33,34)35)24(19-4-3-16(30)11-22(19)32)26-25(20)40(28(42)36-27)18(15-43-26)14-37-6-5-17(31)13-37;1-2-23(40)37-5-7-38(8-6-37)27-20-14-21(29(32,33)34)24(19-4-3-17(30)13-22(19)31)26-25(20)39(28(41)35-27)18(16-43-26)15-36-9-11-42-12-10-36/h5-7,12-13,18-19,21H,1,8-11,14-17H2,2-4H3;2-4,11-12,17-18H,1,5-10,13-15H2;2-4,13-14,18H,1,5-12,15-16H2/t18-,19+,21?;;. The normalized spacial score (nSPS) is 21.2. The Morgan fingerprint density at radius 1 is 0.432 bits per heavy atom. The molecule has 6 atom stereocenters. The van der Waals surface area contributed by atoms with E-state index in [2.05, 4.69) is 49.4 Å². The van der Waals surface area contributed by atoms with Crippen molar-refractivity contribution < 1.29 is 89.4 Å². The Labute approximate surface area is 758 Å². The Morgan fingerprint density at radius 2 is 0.765 bits per heavy atom. The van der Waals surface area contributed by atoms with Gasteiger partial charge in [0.2, 0.25) is 17.7 Å². The molecular weight excluding hydrogens is 1820 g/mol. The zero-order chi connectivity index (χ0) is 94.2.